The van der Waals surface area contributed by atoms with Crippen molar-refractivity contribution in [1.82, 2.24) is 10.4 Å². The summed E-state index contributed by atoms with van der Waals surface area (Å²) in [4.78, 5) is 51.9. The van der Waals surface area contributed by atoms with Crippen molar-refractivity contribution in [3.05, 3.63) is 66.0 Å². The third-order valence-electron chi connectivity index (χ3n) is 4.94. The van der Waals surface area contributed by atoms with E-state index >= 15 is 0 Å². The van der Waals surface area contributed by atoms with Crippen molar-refractivity contribution in [3.63, 3.8) is 0 Å². The summed E-state index contributed by atoms with van der Waals surface area (Å²) in [5, 5.41) is 0.778. The van der Waals surface area contributed by atoms with Crippen LogP contribution in [0.4, 0.5) is 10.1 Å². The van der Waals surface area contributed by atoms with Crippen LogP contribution in [0, 0.1) is 5.82 Å². The van der Waals surface area contributed by atoms with Gasteiger partial charge >= 0.3 is 0 Å². The molecule has 9 nitrogen and oxygen atoms in total. The Balaban J connectivity index is 1.91. The molecule has 1 fully saturated rings. The number of hydrazine groups is 1. The van der Waals surface area contributed by atoms with E-state index in [9.17, 15) is 23.6 Å². The van der Waals surface area contributed by atoms with Crippen LogP contribution < -0.4 is 19.8 Å². The number of anilines is 1. The second-order valence-corrected chi connectivity index (χ2v) is 6.96. The van der Waals surface area contributed by atoms with Crippen molar-refractivity contribution in [2.45, 2.75) is 19.4 Å². The molecule has 1 aliphatic rings. The normalized spacial score (nSPS) is 15.6. The van der Waals surface area contributed by atoms with Gasteiger partial charge in [-0.3, -0.25) is 24.6 Å². The predicted molar refractivity (Wildman–Crippen MR) is 116 cm³/mol. The van der Waals surface area contributed by atoms with Crippen molar-refractivity contribution in [1.29, 1.82) is 0 Å². The minimum absolute atomic E-state index is 0.119. The molecule has 2 aromatic rings. The summed E-state index contributed by atoms with van der Waals surface area (Å²) >= 11 is 0. The molecule has 1 saturated heterocycles. The van der Waals surface area contributed by atoms with Gasteiger partial charge in [-0.1, -0.05) is 18.2 Å². The first-order valence-electron chi connectivity index (χ1n) is 9.92. The van der Waals surface area contributed by atoms with Crippen LogP contribution in [0.5, 0.6) is 11.5 Å². The lowest BCUT2D eigenvalue weighted by Gasteiger charge is -2.27. The zero-order valence-electron chi connectivity index (χ0n) is 18.2. The zero-order valence-corrected chi connectivity index (χ0v) is 18.2. The zero-order chi connectivity index (χ0) is 24.1. The summed E-state index contributed by atoms with van der Waals surface area (Å²) in [6.07, 6.45) is 2.13. The number of nitrogens with zero attached hydrogens (tertiary/aromatic N) is 2. The van der Waals surface area contributed by atoms with Crippen LogP contribution in [0.1, 0.15) is 23.7 Å². The summed E-state index contributed by atoms with van der Waals surface area (Å²) in [6.45, 7) is 1.58. The Morgan fingerprint density at radius 2 is 1.82 bits per heavy atom. The van der Waals surface area contributed by atoms with E-state index in [1.54, 1.807) is 6.92 Å². The fourth-order valence-corrected chi connectivity index (χ4v) is 3.36. The van der Waals surface area contributed by atoms with Crippen LogP contribution in [-0.2, 0) is 14.4 Å². The molecule has 0 spiro atoms. The highest BCUT2D eigenvalue weighted by Crippen LogP contribution is 2.29. The van der Waals surface area contributed by atoms with E-state index in [2.05, 4.69) is 5.43 Å². The molecule has 1 atom stereocenters. The van der Waals surface area contributed by atoms with Gasteiger partial charge in [0.15, 0.2) is 11.5 Å². The molecule has 4 amide bonds. The van der Waals surface area contributed by atoms with E-state index in [1.807, 2.05) is 0 Å². The number of carbonyl (C=O) groups is 4. The van der Waals surface area contributed by atoms with Crippen molar-refractivity contribution in [2.75, 3.05) is 19.1 Å². The quantitative estimate of drug-likeness (QED) is 0.407. The highest BCUT2D eigenvalue weighted by atomic mass is 19.1. The van der Waals surface area contributed by atoms with Gasteiger partial charge in [-0.15, -0.1) is 0 Å². The number of carbonyl (C=O) groups excluding carboxylic acids is 4. The molecule has 0 aliphatic carbocycles. The largest absolute Gasteiger partial charge is 0.493 e. The predicted octanol–water partition coefficient (Wildman–Crippen LogP) is 2.22. The fraction of sp³-hybridized carbons (Fsp3) is 0.217. The Bertz CT molecular complexity index is 1130. The molecule has 1 aliphatic heterocycles. The number of benzene rings is 2. The Morgan fingerprint density at radius 3 is 2.45 bits per heavy atom. The van der Waals surface area contributed by atoms with Gasteiger partial charge < -0.3 is 9.47 Å². The number of para-hydroxylation sites is 1. The van der Waals surface area contributed by atoms with Gasteiger partial charge in [-0.2, -0.15) is 0 Å². The van der Waals surface area contributed by atoms with Crippen LogP contribution in [0.15, 0.2) is 54.6 Å². The number of allylic oxidation sites excluding steroid dienone is 1. The molecule has 0 saturated carbocycles. The van der Waals surface area contributed by atoms with Crippen molar-refractivity contribution in [2.24, 2.45) is 0 Å². The number of amides is 4. The van der Waals surface area contributed by atoms with Gasteiger partial charge in [0.2, 0.25) is 5.91 Å². The van der Waals surface area contributed by atoms with Gasteiger partial charge in [-0.05, 0) is 37.3 Å². The second-order valence-electron chi connectivity index (χ2n) is 6.96. The van der Waals surface area contributed by atoms with E-state index in [4.69, 9.17) is 9.47 Å². The molecule has 3 rings (SSSR count). The molecular formula is C23H22FN3O6. The lowest BCUT2D eigenvalue weighted by atomic mass is 10.2. The summed E-state index contributed by atoms with van der Waals surface area (Å²) in [5.74, 6) is -3.07. The van der Waals surface area contributed by atoms with E-state index < -0.39 is 41.9 Å². The molecule has 1 N–H and O–H groups in total. The summed E-state index contributed by atoms with van der Waals surface area (Å²) in [7, 11) is 2.85. The van der Waals surface area contributed by atoms with Crippen LogP contribution in [0.3, 0.4) is 0 Å². The highest BCUT2D eigenvalue weighted by molar-refractivity contribution is 6.23. The van der Waals surface area contributed by atoms with Gasteiger partial charge in [0.1, 0.15) is 11.9 Å². The number of hydrogen-bond donors (Lipinski definition) is 1. The third kappa shape index (κ3) is 4.69. The number of rotatable bonds is 6. The highest BCUT2D eigenvalue weighted by Gasteiger charge is 2.45. The number of imide groups is 1. The molecule has 0 bridgehead atoms. The first-order valence-corrected chi connectivity index (χ1v) is 9.92. The first kappa shape index (κ1) is 23.5. The van der Waals surface area contributed by atoms with Crippen molar-refractivity contribution in [3.8, 4) is 11.5 Å². The summed E-state index contributed by atoms with van der Waals surface area (Å²) in [5.41, 5.74) is 2.29. The maximum absolute atomic E-state index is 14.2. The molecule has 1 unspecified atom stereocenters. The molecule has 172 valence electrons. The Morgan fingerprint density at radius 1 is 1.12 bits per heavy atom. The number of ether oxygens (including phenoxy) is 2. The average Bonchev–Trinajstić information content (AvgIpc) is 3.10. The molecular weight excluding hydrogens is 433 g/mol. The van der Waals surface area contributed by atoms with E-state index in [-0.39, 0.29) is 17.0 Å². The number of halogens is 1. The molecule has 33 heavy (non-hydrogen) atoms. The van der Waals surface area contributed by atoms with Crippen LogP contribution in [-0.4, -0.2) is 48.9 Å². The number of nitrogens with one attached hydrogen (secondary N) is 1. The van der Waals surface area contributed by atoms with E-state index in [0.717, 1.165) is 17.2 Å². The standard InChI is InChI=1S/C23H22FN3O6/c1-4-7-20(28)27(25-22(30)14-10-11-18(32-2)19(12-14)33-3)17-13-21(29)26(23(17)31)16-9-6-5-8-15(16)24/h4-12,17H,13H2,1-3H3,(H,25,30). The van der Waals surface area contributed by atoms with Crippen LogP contribution in [0.25, 0.3) is 0 Å². The van der Waals surface area contributed by atoms with Crippen LogP contribution in [0.2, 0.25) is 0 Å². The van der Waals surface area contributed by atoms with Gasteiger partial charge in [0.25, 0.3) is 17.7 Å². The van der Waals surface area contributed by atoms with Gasteiger partial charge in [0.05, 0.1) is 26.3 Å². The summed E-state index contributed by atoms with van der Waals surface area (Å²) < 4.78 is 24.6. The monoisotopic (exact) mass is 455 g/mol. The molecule has 0 aromatic heterocycles. The lowest BCUT2D eigenvalue weighted by Crippen LogP contribution is -2.54. The topological polar surface area (TPSA) is 105 Å². The Labute approximate surface area is 189 Å². The second kappa shape index (κ2) is 9.94. The van der Waals surface area contributed by atoms with Gasteiger partial charge in [0, 0.05) is 11.6 Å². The maximum atomic E-state index is 14.2. The van der Waals surface area contributed by atoms with E-state index in [0.29, 0.717) is 10.6 Å². The SMILES string of the molecule is CC=CC(=O)N(NC(=O)c1ccc(OC)c(OC)c1)C1CC(=O)N(c2ccccc2F)C1=O. The molecule has 1 heterocycles. The van der Waals surface area contributed by atoms with Crippen LogP contribution >= 0.6 is 0 Å². The minimum Gasteiger partial charge on any atom is -0.493 e. The smallest absolute Gasteiger partial charge is 0.270 e. The number of methoxy groups -OCH3 is 2. The van der Waals surface area contributed by atoms with Gasteiger partial charge in [-0.25, -0.2) is 14.3 Å². The van der Waals surface area contributed by atoms with E-state index in [1.165, 1.54) is 56.7 Å². The Hall–Kier alpha value is -4.21. The summed E-state index contributed by atoms with van der Waals surface area (Å²) in [6, 6.07) is 8.31. The fourth-order valence-electron chi connectivity index (χ4n) is 3.36. The first-order chi connectivity index (χ1) is 15.8. The maximum Gasteiger partial charge on any atom is 0.270 e. The lowest BCUT2D eigenvalue weighted by molar-refractivity contribution is -0.137. The van der Waals surface area contributed by atoms with Crippen molar-refractivity contribution >= 4 is 29.3 Å². The van der Waals surface area contributed by atoms with Crippen molar-refractivity contribution < 1.29 is 33.0 Å². The average molecular weight is 455 g/mol. The minimum atomic E-state index is -1.36. The molecule has 0 radical (unpaired) electrons. The number of hydrogen-bond acceptors (Lipinski definition) is 6. The molecule has 10 heteroatoms. The Kier molecular flexibility index (Phi) is 7.07. The third-order valence-corrected chi connectivity index (χ3v) is 4.94. The molecule has 2 aromatic carbocycles.